The summed E-state index contributed by atoms with van der Waals surface area (Å²) in [4.78, 5) is 0. The lowest BCUT2D eigenvalue weighted by Gasteiger charge is -2.00. The highest BCUT2D eigenvalue weighted by molar-refractivity contribution is 7.99. The Morgan fingerprint density at radius 1 is 1.57 bits per heavy atom. The topological polar surface area (TPSA) is 63.8 Å². The molecule has 0 aliphatic heterocycles. The Morgan fingerprint density at radius 3 is 3.14 bits per heavy atom. The van der Waals surface area contributed by atoms with Gasteiger partial charge in [-0.15, -0.1) is 11.7 Å². The van der Waals surface area contributed by atoms with Crippen molar-refractivity contribution in [2.45, 2.75) is 24.5 Å². The first-order chi connectivity index (χ1) is 6.88. The zero-order valence-electron chi connectivity index (χ0n) is 7.96. The largest absolute Gasteiger partial charge is 0.394 e. The van der Waals surface area contributed by atoms with Crippen LogP contribution in [-0.2, 0) is 6.54 Å². The van der Waals surface area contributed by atoms with Crippen molar-refractivity contribution in [2.75, 3.05) is 12.4 Å². The molecule has 0 fully saturated rings. The smallest absolute Gasteiger partial charge is 0.209 e. The molecule has 0 unspecified atom stereocenters. The molecule has 0 aliphatic rings. The van der Waals surface area contributed by atoms with Crippen LogP contribution >= 0.6 is 11.8 Å². The number of aliphatic hydroxyl groups is 1. The molecule has 14 heavy (non-hydrogen) atoms. The monoisotopic (exact) mass is 214 g/mol. The van der Waals surface area contributed by atoms with Crippen molar-refractivity contribution in [3.8, 4) is 0 Å². The van der Waals surface area contributed by atoms with Crippen LogP contribution in [0.5, 0.6) is 0 Å². The maximum Gasteiger partial charge on any atom is 0.209 e. The average Bonchev–Trinajstić information content (AvgIpc) is 2.61. The summed E-state index contributed by atoms with van der Waals surface area (Å²) in [6, 6.07) is 0. The SMILES string of the molecule is C=CCCCSc1nnnn1CCO. The summed E-state index contributed by atoms with van der Waals surface area (Å²) in [5.41, 5.74) is 0. The van der Waals surface area contributed by atoms with Crippen molar-refractivity contribution in [1.82, 2.24) is 20.2 Å². The van der Waals surface area contributed by atoms with Crippen LogP contribution in [0.3, 0.4) is 0 Å². The predicted molar refractivity (Wildman–Crippen MR) is 55.1 cm³/mol. The van der Waals surface area contributed by atoms with Gasteiger partial charge < -0.3 is 5.11 Å². The molecule has 0 radical (unpaired) electrons. The zero-order chi connectivity index (χ0) is 10.2. The molecule has 0 saturated carbocycles. The summed E-state index contributed by atoms with van der Waals surface area (Å²) in [6.07, 6.45) is 3.98. The maximum atomic E-state index is 8.73. The number of thioether (sulfide) groups is 1. The second-order valence-electron chi connectivity index (χ2n) is 2.69. The first kappa shape index (κ1) is 11.2. The fourth-order valence-corrected chi connectivity index (χ4v) is 1.79. The molecule has 0 spiro atoms. The summed E-state index contributed by atoms with van der Waals surface area (Å²) in [5, 5.41) is 20.7. The molecule has 78 valence electrons. The van der Waals surface area contributed by atoms with Gasteiger partial charge in [0, 0.05) is 5.75 Å². The van der Waals surface area contributed by atoms with E-state index < -0.39 is 0 Å². The molecule has 1 rings (SSSR count). The van der Waals surface area contributed by atoms with Crippen LogP contribution < -0.4 is 0 Å². The highest BCUT2D eigenvalue weighted by Gasteiger charge is 2.04. The van der Waals surface area contributed by atoms with Crippen LogP contribution in [-0.4, -0.2) is 37.7 Å². The van der Waals surface area contributed by atoms with Crippen molar-refractivity contribution in [3.05, 3.63) is 12.7 Å². The molecule has 1 aromatic rings. The quantitative estimate of drug-likeness (QED) is 0.412. The summed E-state index contributed by atoms with van der Waals surface area (Å²) in [6.45, 7) is 4.17. The molecule has 1 N–H and O–H groups in total. The number of unbranched alkanes of at least 4 members (excludes halogenated alkanes) is 1. The molecule has 0 amide bonds. The molecule has 1 aromatic heterocycles. The maximum absolute atomic E-state index is 8.73. The third-order valence-corrected chi connectivity index (χ3v) is 2.64. The van der Waals surface area contributed by atoms with Gasteiger partial charge in [-0.05, 0) is 23.3 Å². The van der Waals surface area contributed by atoms with Gasteiger partial charge in [-0.2, -0.15) is 0 Å². The van der Waals surface area contributed by atoms with Crippen molar-refractivity contribution in [3.63, 3.8) is 0 Å². The molecule has 0 aromatic carbocycles. The van der Waals surface area contributed by atoms with E-state index in [9.17, 15) is 0 Å². The second kappa shape index (κ2) is 6.56. The molecule has 1 heterocycles. The summed E-state index contributed by atoms with van der Waals surface area (Å²) in [7, 11) is 0. The number of aliphatic hydroxyl groups excluding tert-OH is 1. The van der Waals surface area contributed by atoms with Gasteiger partial charge in [-0.25, -0.2) is 4.68 Å². The minimum atomic E-state index is 0.0608. The van der Waals surface area contributed by atoms with E-state index in [-0.39, 0.29) is 6.61 Å². The molecule has 0 atom stereocenters. The summed E-state index contributed by atoms with van der Waals surface area (Å²) < 4.78 is 1.61. The minimum absolute atomic E-state index is 0.0608. The van der Waals surface area contributed by atoms with E-state index in [1.165, 1.54) is 0 Å². The highest BCUT2D eigenvalue weighted by atomic mass is 32.2. The first-order valence-electron chi connectivity index (χ1n) is 4.49. The van der Waals surface area contributed by atoms with Crippen LogP contribution in [0.2, 0.25) is 0 Å². The number of hydrogen-bond acceptors (Lipinski definition) is 5. The minimum Gasteiger partial charge on any atom is -0.394 e. The van der Waals surface area contributed by atoms with E-state index in [0.717, 1.165) is 23.8 Å². The molecule has 6 heteroatoms. The molecule has 0 aliphatic carbocycles. The lowest BCUT2D eigenvalue weighted by Crippen LogP contribution is -2.05. The van der Waals surface area contributed by atoms with Gasteiger partial charge >= 0.3 is 0 Å². The van der Waals surface area contributed by atoms with E-state index in [1.807, 2.05) is 6.08 Å². The molecular formula is C8H14N4OS. The van der Waals surface area contributed by atoms with Crippen LogP contribution in [0, 0.1) is 0 Å². The van der Waals surface area contributed by atoms with E-state index in [2.05, 4.69) is 22.1 Å². The van der Waals surface area contributed by atoms with Gasteiger partial charge in [0.1, 0.15) is 0 Å². The average molecular weight is 214 g/mol. The Hall–Kier alpha value is -0.880. The van der Waals surface area contributed by atoms with Gasteiger partial charge in [0.15, 0.2) is 0 Å². The van der Waals surface area contributed by atoms with Gasteiger partial charge in [0.25, 0.3) is 0 Å². The first-order valence-corrected chi connectivity index (χ1v) is 5.47. The summed E-state index contributed by atoms with van der Waals surface area (Å²) in [5.74, 6) is 0.970. The van der Waals surface area contributed by atoms with E-state index in [0.29, 0.717) is 6.54 Å². The lowest BCUT2D eigenvalue weighted by molar-refractivity contribution is 0.262. The van der Waals surface area contributed by atoms with Crippen molar-refractivity contribution in [1.29, 1.82) is 0 Å². The number of rotatable bonds is 7. The van der Waals surface area contributed by atoms with Crippen LogP contribution in [0.15, 0.2) is 17.8 Å². The Kier molecular flexibility index (Phi) is 5.24. The number of aromatic nitrogens is 4. The normalized spacial score (nSPS) is 10.4. The zero-order valence-corrected chi connectivity index (χ0v) is 8.78. The lowest BCUT2D eigenvalue weighted by atomic mass is 10.3. The molecule has 0 bridgehead atoms. The number of allylic oxidation sites excluding steroid dienone is 1. The number of hydrogen-bond donors (Lipinski definition) is 1. The Bertz CT molecular complexity index is 276. The van der Waals surface area contributed by atoms with Gasteiger partial charge in [0.05, 0.1) is 13.2 Å². The van der Waals surface area contributed by atoms with Crippen molar-refractivity contribution in [2.24, 2.45) is 0 Å². The third kappa shape index (κ3) is 3.47. The van der Waals surface area contributed by atoms with Crippen LogP contribution in [0.1, 0.15) is 12.8 Å². The highest BCUT2D eigenvalue weighted by Crippen LogP contribution is 2.15. The number of nitrogens with zero attached hydrogens (tertiary/aromatic N) is 4. The third-order valence-electron chi connectivity index (χ3n) is 1.59. The van der Waals surface area contributed by atoms with Crippen molar-refractivity contribution < 1.29 is 5.11 Å². The Labute approximate surface area is 87.2 Å². The van der Waals surface area contributed by atoms with Gasteiger partial charge in [0.2, 0.25) is 5.16 Å². The molecule has 5 nitrogen and oxygen atoms in total. The predicted octanol–water partition coefficient (Wildman–Crippen LogP) is 0.724. The van der Waals surface area contributed by atoms with E-state index in [4.69, 9.17) is 5.11 Å². The molecule has 0 saturated heterocycles. The fraction of sp³-hybridized carbons (Fsp3) is 0.625. The Morgan fingerprint density at radius 2 is 2.43 bits per heavy atom. The van der Waals surface area contributed by atoms with Crippen LogP contribution in [0.25, 0.3) is 0 Å². The van der Waals surface area contributed by atoms with Crippen molar-refractivity contribution >= 4 is 11.8 Å². The van der Waals surface area contributed by atoms with E-state index >= 15 is 0 Å². The fourth-order valence-electron chi connectivity index (χ4n) is 0.926. The standard InChI is InChI=1S/C8H14N4OS/c1-2-3-4-7-14-8-9-10-11-12(8)5-6-13/h2,13H,1,3-7H2. The number of tetrazole rings is 1. The summed E-state index contributed by atoms with van der Waals surface area (Å²) >= 11 is 1.60. The second-order valence-corrected chi connectivity index (χ2v) is 3.75. The molecular weight excluding hydrogens is 200 g/mol. The van der Waals surface area contributed by atoms with Gasteiger partial charge in [-0.3, -0.25) is 0 Å². The van der Waals surface area contributed by atoms with Gasteiger partial charge in [-0.1, -0.05) is 17.8 Å². The Balaban J connectivity index is 2.33. The van der Waals surface area contributed by atoms with E-state index in [1.54, 1.807) is 16.4 Å². The van der Waals surface area contributed by atoms with Crippen LogP contribution in [0.4, 0.5) is 0 Å².